The van der Waals surface area contributed by atoms with Crippen LogP contribution in [0, 0.1) is 5.82 Å². The summed E-state index contributed by atoms with van der Waals surface area (Å²) in [5, 5.41) is 10.9. The first-order valence-corrected chi connectivity index (χ1v) is 9.26. The fraction of sp³-hybridized carbons (Fsp3) is 0.0556. The summed E-state index contributed by atoms with van der Waals surface area (Å²) >= 11 is 2.78. The van der Waals surface area contributed by atoms with E-state index >= 15 is 0 Å². The quantitative estimate of drug-likeness (QED) is 0.502. The molecule has 0 spiro atoms. The average molecular weight is 371 g/mol. The summed E-state index contributed by atoms with van der Waals surface area (Å²) in [5.41, 5.74) is 1.12. The lowest BCUT2D eigenvalue weighted by atomic mass is 10.2. The Morgan fingerprint density at radius 2 is 1.88 bits per heavy atom. The van der Waals surface area contributed by atoms with Gasteiger partial charge in [-0.15, -0.1) is 10.2 Å². The molecule has 0 saturated heterocycles. The number of benzene rings is 2. The molecular weight excluding hydrogens is 357 g/mol. The zero-order chi connectivity index (χ0) is 17.5. The molecule has 25 heavy (non-hydrogen) atoms. The third kappa shape index (κ3) is 4.98. The van der Waals surface area contributed by atoms with Crippen LogP contribution in [0.3, 0.4) is 0 Å². The topological polar surface area (TPSA) is 54.9 Å². The number of carbonyl (C=O) groups is 1. The van der Waals surface area contributed by atoms with Crippen LogP contribution in [-0.2, 0) is 0 Å². The summed E-state index contributed by atoms with van der Waals surface area (Å²) < 4.78 is 14.3. The Hall–Kier alpha value is -2.51. The largest absolute Gasteiger partial charge is 0.296 e. The van der Waals surface area contributed by atoms with E-state index < -0.39 is 11.7 Å². The van der Waals surface area contributed by atoms with Crippen molar-refractivity contribution in [3.05, 3.63) is 77.6 Å². The van der Waals surface area contributed by atoms with Gasteiger partial charge in [0.25, 0.3) is 5.91 Å². The molecule has 7 heteroatoms. The molecule has 4 nitrogen and oxygen atoms in total. The maximum atomic E-state index is 13.6. The van der Waals surface area contributed by atoms with Gasteiger partial charge in [-0.25, -0.2) is 4.39 Å². The second kappa shape index (κ2) is 8.55. The average Bonchev–Trinajstić information content (AvgIpc) is 3.07. The highest BCUT2D eigenvalue weighted by Gasteiger charge is 2.13. The van der Waals surface area contributed by atoms with Gasteiger partial charge in [0.1, 0.15) is 5.82 Å². The monoisotopic (exact) mass is 371 g/mol. The Kier molecular flexibility index (Phi) is 5.92. The van der Waals surface area contributed by atoms with Gasteiger partial charge in [-0.05, 0) is 17.7 Å². The van der Waals surface area contributed by atoms with Crippen molar-refractivity contribution in [1.29, 1.82) is 0 Å². The molecule has 0 radical (unpaired) electrons. The molecule has 0 aliphatic rings. The Morgan fingerprint density at radius 3 is 2.68 bits per heavy atom. The molecule has 0 bridgehead atoms. The predicted octanol–water partition coefficient (Wildman–Crippen LogP) is 4.74. The van der Waals surface area contributed by atoms with Crippen molar-refractivity contribution < 1.29 is 9.18 Å². The molecule has 1 N–H and O–H groups in total. The van der Waals surface area contributed by atoms with E-state index in [0.717, 1.165) is 15.7 Å². The van der Waals surface area contributed by atoms with E-state index in [-0.39, 0.29) is 5.56 Å². The van der Waals surface area contributed by atoms with Gasteiger partial charge in [-0.1, -0.05) is 77.7 Å². The lowest BCUT2D eigenvalue weighted by Gasteiger charge is -2.01. The predicted molar refractivity (Wildman–Crippen MR) is 100 cm³/mol. The Morgan fingerprint density at radius 1 is 1.12 bits per heavy atom. The number of carbonyl (C=O) groups excluding carboxylic acids is 1. The van der Waals surface area contributed by atoms with Gasteiger partial charge in [-0.2, -0.15) is 0 Å². The van der Waals surface area contributed by atoms with Crippen molar-refractivity contribution in [2.24, 2.45) is 0 Å². The smallest absolute Gasteiger partial charge is 0.260 e. The molecule has 3 aromatic rings. The highest BCUT2D eigenvalue weighted by molar-refractivity contribution is 8.01. The van der Waals surface area contributed by atoms with Crippen LogP contribution in [0.4, 0.5) is 9.52 Å². The number of thioether (sulfide) groups is 1. The van der Waals surface area contributed by atoms with Gasteiger partial charge in [0.2, 0.25) is 5.13 Å². The number of nitrogens with one attached hydrogen (secondary N) is 1. The van der Waals surface area contributed by atoms with Crippen molar-refractivity contribution in [2.45, 2.75) is 4.34 Å². The number of halogens is 1. The number of amides is 1. The third-order valence-corrected chi connectivity index (χ3v) is 5.08. The minimum absolute atomic E-state index is 0.0160. The molecule has 3 rings (SSSR count). The standard InChI is InChI=1S/C18H14FN3OS2/c19-15-11-5-4-10-14(15)16(23)20-17-21-22-18(25-17)24-12-6-9-13-7-2-1-3-8-13/h1-11H,12H2,(H,20,21,23)/b9-6+. The number of aromatic nitrogens is 2. The molecule has 1 aromatic heterocycles. The van der Waals surface area contributed by atoms with E-state index in [4.69, 9.17) is 0 Å². The highest BCUT2D eigenvalue weighted by atomic mass is 32.2. The molecule has 1 amide bonds. The fourth-order valence-corrected chi connectivity index (χ4v) is 3.58. The zero-order valence-corrected chi connectivity index (χ0v) is 14.7. The van der Waals surface area contributed by atoms with Crippen molar-refractivity contribution in [3.63, 3.8) is 0 Å². The summed E-state index contributed by atoms with van der Waals surface area (Å²) in [7, 11) is 0. The first-order valence-electron chi connectivity index (χ1n) is 7.46. The summed E-state index contributed by atoms with van der Waals surface area (Å²) in [5.74, 6) is -0.356. The second-order valence-corrected chi connectivity index (χ2v) is 7.18. The van der Waals surface area contributed by atoms with E-state index in [1.54, 1.807) is 6.07 Å². The number of anilines is 1. The number of nitrogens with zero attached hydrogens (tertiary/aromatic N) is 2. The summed E-state index contributed by atoms with van der Waals surface area (Å²) in [6, 6.07) is 15.8. The minimum atomic E-state index is -0.565. The van der Waals surface area contributed by atoms with E-state index in [9.17, 15) is 9.18 Å². The van der Waals surface area contributed by atoms with Gasteiger partial charge in [-0.3, -0.25) is 10.1 Å². The third-order valence-electron chi connectivity index (χ3n) is 3.16. The molecule has 0 aliphatic heterocycles. The van der Waals surface area contributed by atoms with Gasteiger partial charge in [0.15, 0.2) is 4.34 Å². The molecule has 0 saturated carbocycles. The number of hydrogen-bond donors (Lipinski definition) is 1. The lowest BCUT2D eigenvalue weighted by molar-refractivity contribution is 0.102. The van der Waals surface area contributed by atoms with Crippen LogP contribution in [0.15, 0.2) is 65.0 Å². The normalized spacial score (nSPS) is 10.9. The maximum absolute atomic E-state index is 13.6. The van der Waals surface area contributed by atoms with Crippen LogP contribution >= 0.6 is 23.1 Å². The summed E-state index contributed by atoms with van der Waals surface area (Å²) in [6.45, 7) is 0. The van der Waals surface area contributed by atoms with Crippen molar-refractivity contribution >= 4 is 40.2 Å². The van der Waals surface area contributed by atoms with Crippen molar-refractivity contribution in [3.8, 4) is 0 Å². The molecule has 0 aliphatic carbocycles. The fourth-order valence-electron chi connectivity index (χ4n) is 2.00. The van der Waals surface area contributed by atoms with Gasteiger partial charge >= 0.3 is 0 Å². The first-order chi connectivity index (χ1) is 12.2. The molecule has 2 aromatic carbocycles. The summed E-state index contributed by atoms with van der Waals surface area (Å²) in [4.78, 5) is 12.0. The van der Waals surface area contributed by atoms with Crippen molar-refractivity contribution in [1.82, 2.24) is 10.2 Å². The zero-order valence-electron chi connectivity index (χ0n) is 13.1. The second-order valence-electron chi connectivity index (χ2n) is 4.93. The lowest BCUT2D eigenvalue weighted by Crippen LogP contribution is -2.13. The van der Waals surface area contributed by atoms with E-state index in [1.165, 1.54) is 41.3 Å². The van der Waals surface area contributed by atoms with E-state index in [0.29, 0.717) is 5.13 Å². The maximum Gasteiger partial charge on any atom is 0.260 e. The van der Waals surface area contributed by atoms with Crippen LogP contribution in [0.1, 0.15) is 15.9 Å². The van der Waals surface area contributed by atoms with Gasteiger partial charge in [0, 0.05) is 5.75 Å². The van der Waals surface area contributed by atoms with Crippen LogP contribution in [0.5, 0.6) is 0 Å². The molecule has 126 valence electrons. The number of rotatable bonds is 6. The van der Waals surface area contributed by atoms with Crippen LogP contribution in [0.25, 0.3) is 6.08 Å². The van der Waals surface area contributed by atoms with E-state index in [2.05, 4.69) is 15.5 Å². The molecule has 0 unspecified atom stereocenters. The Bertz CT molecular complexity index is 881. The highest BCUT2D eigenvalue weighted by Crippen LogP contribution is 2.26. The summed E-state index contributed by atoms with van der Waals surface area (Å²) in [6.07, 6.45) is 4.08. The SMILES string of the molecule is O=C(Nc1nnc(SC/C=C/c2ccccc2)s1)c1ccccc1F. The molecule has 0 atom stereocenters. The number of hydrogen-bond acceptors (Lipinski definition) is 5. The van der Waals surface area contributed by atoms with Crippen LogP contribution < -0.4 is 5.32 Å². The van der Waals surface area contributed by atoms with Gasteiger partial charge < -0.3 is 0 Å². The van der Waals surface area contributed by atoms with Gasteiger partial charge in [0.05, 0.1) is 5.56 Å². The Balaban J connectivity index is 1.53. The van der Waals surface area contributed by atoms with Crippen LogP contribution in [0.2, 0.25) is 0 Å². The molecule has 1 heterocycles. The van der Waals surface area contributed by atoms with E-state index in [1.807, 2.05) is 42.5 Å². The van der Waals surface area contributed by atoms with Crippen LogP contribution in [-0.4, -0.2) is 21.9 Å². The minimum Gasteiger partial charge on any atom is -0.296 e. The molecular formula is C18H14FN3OS2. The Labute approximate surface area is 152 Å². The first kappa shape index (κ1) is 17.3. The van der Waals surface area contributed by atoms with Crippen molar-refractivity contribution in [2.75, 3.05) is 11.1 Å². The molecule has 0 fully saturated rings.